The maximum atomic E-state index is 13.2. The summed E-state index contributed by atoms with van der Waals surface area (Å²) in [6.45, 7) is 1.49. The Bertz CT molecular complexity index is 415. The maximum Gasteiger partial charge on any atom is 0.305 e. The van der Waals surface area contributed by atoms with Crippen LogP contribution in [-0.2, 0) is 0 Å². The van der Waals surface area contributed by atoms with Crippen LogP contribution in [0.3, 0.4) is 0 Å². The highest BCUT2D eigenvalue weighted by Gasteiger charge is 2.15. The van der Waals surface area contributed by atoms with Crippen molar-refractivity contribution < 1.29 is 14.4 Å². The molecule has 0 spiro atoms. The highest BCUT2D eigenvalue weighted by atomic mass is 19.1. The molecule has 0 saturated carbocycles. The minimum absolute atomic E-state index is 0.155. The van der Waals surface area contributed by atoms with Crippen LogP contribution in [0.4, 0.5) is 10.1 Å². The largest absolute Gasteiger partial charge is 0.392 e. The van der Waals surface area contributed by atoms with E-state index in [0.29, 0.717) is 11.1 Å². The molecule has 0 aliphatic carbocycles. The van der Waals surface area contributed by atoms with Gasteiger partial charge in [0.2, 0.25) is 5.82 Å². The van der Waals surface area contributed by atoms with Crippen LogP contribution in [0.5, 0.6) is 0 Å². The summed E-state index contributed by atoms with van der Waals surface area (Å²) >= 11 is 0. The van der Waals surface area contributed by atoms with Crippen molar-refractivity contribution in [2.45, 2.75) is 6.92 Å². The van der Waals surface area contributed by atoms with E-state index < -0.39 is 16.4 Å². The van der Waals surface area contributed by atoms with Gasteiger partial charge >= 0.3 is 5.69 Å². The van der Waals surface area contributed by atoms with E-state index in [1.807, 2.05) is 0 Å². The first-order valence-corrected chi connectivity index (χ1v) is 4.28. The van der Waals surface area contributed by atoms with Gasteiger partial charge in [0.15, 0.2) is 0 Å². The second-order valence-corrected chi connectivity index (χ2v) is 3.00. The molecule has 0 fully saturated rings. The number of halogens is 1. The van der Waals surface area contributed by atoms with E-state index in [1.54, 1.807) is 6.92 Å². The molecule has 1 rings (SSSR count). The number of aliphatic hydroxyl groups is 1. The van der Waals surface area contributed by atoms with E-state index in [-0.39, 0.29) is 6.61 Å². The van der Waals surface area contributed by atoms with Gasteiger partial charge in [0.05, 0.1) is 11.5 Å². The smallest absolute Gasteiger partial charge is 0.305 e. The monoisotopic (exact) mass is 211 g/mol. The Hall–Kier alpha value is -1.75. The average molecular weight is 211 g/mol. The lowest BCUT2D eigenvalue weighted by atomic mass is 10.1. The number of hydrogen-bond donors (Lipinski definition) is 1. The number of nitro benzene ring substituents is 1. The Morgan fingerprint density at radius 2 is 2.27 bits per heavy atom. The van der Waals surface area contributed by atoms with E-state index in [9.17, 15) is 14.5 Å². The molecule has 5 heteroatoms. The first-order valence-electron chi connectivity index (χ1n) is 4.28. The Labute approximate surface area is 85.8 Å². The van der Waals surface area contributed by atoms with Crippen molar-refractivity contribution in [1.29, 1.82) is 0 Å². The van der Waals surface area contributed by atoms with Crippen molar-refractivity contribution in [2.24, 2.45) is 0 Å². The summed E-state index contributed by atoms with van der Waals surface area (Å²) < 4.78 is 13.2. The fraction of sp³-hybridized carbons (Fsp3) is 0.200. The third-order valence-corrected chi connectivity index (χ3v) is 1.94. The number of aryl methyl sites for hydroxylation is 1. The normalized spacial score (nSPS) is 10.9. The molecule has 80 valence electrons. The fourth-order valence-electron chi connectivity index (χ4n) is 1.18. The van der Waals surface area contributed by atoms with Crippen LogP contribution in [0, 0.1) is 22.9 Å². The molecule has 15 heavy (non-hydrogen) atoms. The van der Waals surface area contributed by atoms with Crippen LogP contribution in [0.2, 0.25) is 0 Å². The lowest BCUT2D eigenvalue weighted by Crippen LogP contribution is -1.95. The van der Waals surface area contributed by atoms with Gasteiger partial charge in [0.1, 0.15) is 0 Å². The summed E-state index contributed by atoms with van der Waals surface area (Å²) in [5.41, 5.74) is 0.577. The number of rotatable bonds is 3. The summed E-state index contributed by atoms with van der Waals surface area (Å²) in [7, 11) is 0. The molecule has 0 saturated heterocycles. The zero-order valence-electron chi connectivity index (χ0n) is 8.11. The molecule has 0 aliphatic rings. The predicted molar refractivity (Wildman–Crippen MR) is 53.9 cm³/mol. The summed E-state index contributed by atoms with van der Waals surface area (Å²) in [6, 6.07) is 2.26. The molecular formula is C10H10FNO3. The lowest BCUT2D eigenvalue weighted by Gasteiger charge is -2.01. The third-order valence-electron chi connectivity index (χ3n) is 1.94. The van der Waals surface area contributed by atoms with Gasteiger partial charge in [-0.2, -0.15) is 4.39 Å². The lowest BCUT2D eigenvalue weighted by molar-refractivity contribution is -0.387. The van der Waals surface area contributed by atoms with Gasteiger partial charge in [-0.15, -0.1) is 0 Å². The molecule has 0 atom stereocenters. The SMILES string of the molecule is Cc1cc([N+](=O)[O-])c(F)cc1C=CCO. The van der Waals surface area contributed by atoms with E-state index in [2.05, 4.69) is 0 Å². The number of hydrogen-bond acceptors (Lipinski definition) is 3. The minimum atomic E-state index is -0.872. The van der Waals surface area contributed by atoms with E-state index in [4.69, 9.17) is 5.11 Å². The van der Waals surface area contributed by atoms with Crippen molar-refractivity contribution in [1.82, 2.24) is 0 Å². The number of nitro groups is 1. The van der Waals surface area contributed by atoms with Gasteiger partial charge in [-0.1, -0.05) is 12.2 Å². The first kappa shape index (κ1) is 11.3. The molecule has 1 aromatic rings. The van der Waals surface area contributed by atoms with Crippen molar-refractivity contribution in [3.63, 3.8) is 0 Å². The van der Waals surface area contributed by atoms with E-state index in [1.165, 1.54) is 18.2 Å². The number of benzene rings is 1. The summed E-state index contributed by atoms with van der Waals surface area (Å²) in [5.74, 6) is -0.872. The zero-order valence-corrected chi connectivity index (χ0v) is 8.11. The van der Waals surface area contributed by atoms with Gasteiger partial charge < -0.3 is 5.11 Å². The van der Waals surface area contributed by atoms with Crippen LogP contribution in [0.25, 0.3) is 6.08 Å². The van der Waals surface area contributed by atoms with Gasteiger partial charge in [-0.05, 0) is 24.1 Å². The molecule has 0 bridgehead atoms. The van der Waals surface area contributed by atoms with E-state index in [0.717, 1.165) is 6.07 Å². The predicted octanol–water partition coefficient (Wildman–Crippen LogP) is 2.05. The molecule has 1 N–H and O–H groups in total. The van der Waals surface area contributed by atoms with Gasteiger partial charge in [-0.25, -0.2) is 0 Å². The quantitative estimate of drug-likeness (QED) is 0.614. The zero-order chi connectivity index (χ0) is 11.4. The molecule has 4 nitrogen and oxygen atoms in total. The van der Waals surface area contributed by atoms with Crippen LogP contribution >= 0.6 is 0 Å². The Morgan fingerprint density at radius 1 is 1.60 bits per heavy atom. The van der Waals surface area contributed by atoms with Crippen LogP contribution < -0.4 is 0 Å². The summed E-state index contributed by atoms with van der Waals surface area (Å²) in [6.07, 6.45) is 2.95. The molecular weight excluding hydrogens is 201 g/mol. The summed E-state index contributed by atoms with van der Waals surface area (Å²) in [5, 5.41) is 18.9. The second-order valence-electron chi connectivity index (χ2n) is 3.00. The van der Waals surface area contributed by atoms with Crippen molar-refractivity contribution in [3.8, 4) is 0 Å². The van der Waals surface area contributed by atoms with Gasteiger partial charge in [-0.3, -0.25) is 10.1 Å². The topological polar surface area (TPSA) is 63.4 Å². The Balaban J connectivity index is 3.19. The van der Waals surface area contributed by atoms with E-state index >= 15 is 0 Å². The van der Waals surface area contributed by atoms with Gasteiger partial charge in [0, 0.05) is 6.07 Å². The number of aliphatic hydroxyl groups excluding tert-OH is 1. The molecule has 1 aromatic carbocycles. The van der Waals surface area contributed by atoms with Crippen LogP contribution in [0.1, 0.15) is 11.1 Å². The van der Waals surface area contributed by atoms with Crippen molar-refractivity contribution >= 4 is 11.8 Å². The molecule has 0 aliphatic heterocycles. The number of nitrogens with zero attached hydrogens (tertiary/aromatic N) is 1. The molecule has 0 radical (unpaired) electrons. The third kappa shape index (κ3) is 2.60. The van der Waals surface area contributed by atoms with Crippen LogP contribution in [0.15, 0.2) is 18.2 Å². The highest BCUT2D eigenvalue weighted by molar-refractivity contribution is 5.57. The minimum Gasteiger partial charge on any atom is -0.392 e. The average Bonchev–Trinajstić information content (AvgIpc) is 2.18. The molecule has 0 aromatic heterocycles. The Morgan fingerprint density at radius 3 is 2.80 bits per heavy atom. The maximum absolute atomic E-state index is 13.2. The second kappa shape index (κ2) is 4.65. The van der Waals surface area contributed by atoms with Crippen molar-refractivity contribution in [2.75, 3.05) is 6.61 Å². The van der Waals surface area contributed by atoms with Gasteiger partial charge in [0.25, 0.3) is 0 Å². The highest BCUT2D eigenvalue weighted by Crippen LogP contribution is 2.22. The Kier molecular flexibility index (Phi) is 3.51. The molecule has 0 heterocycles. The fourth-order valence-corrected chi connectivity index (χ4v) is 1.18. The van der Waals surface area contributed by atoms with Crippen molar-refractivity contribution in [3.05, 3.63) is 45.3 Å². The standard InChI is InChI=1S/C10H10FNO3/c1-7-5-10(12(14)15)9(11)6-8(7)3-2-4-13/h2-3,5-6,13H,4H2,1H3. The van der Waals surface area contributed by atoms with Crippen LogP contribution in [-0.4, -0.2) is 16.6 Å². The molecule has 0 unspecified atom stereocenters. The summed E-state index contributed by atoms with van der Waals surface area (Å²) in [4.78, 5) is 9.64. The first-order chi connectivity index (χ1) is 7.06. The molecule has 0 amide bonds.